The Balaban J connectivity index is 2.52. The van der Waals surface area contributed by atoms with E-state index in [1.54, 1.807) is 18.2 Å². The van der Waals surface area contributed by atoms with Crippen molar-refractivity contribution in [2.75, 3.05) is 6.54 Å². The smallest absolute Gasteiger partial charge is 0.207 e. The zero-order chi connectivity index (χ0) is 14.4. The molecule has 106 valence electrons. The number of aryl methyl sites for hydroxylation is 2. The highest BCUT2D eigenvalue weighted by Crippen LogP contribution is 2.32. The second-order valence-corrected chi connectivity index (χ2v) is 7.46. The molecule has 1 saturated heterocycles. The molecule has 0 spiro atoms. The summed E-state index contributed by atoms with van der Waals surface area (Å²) in [5, 5.41) is 0. The molecule has 0 N–H and O–H groups in total. The van der Waals surface area contributed by atoms with Crippen LogP contribution in [0.4, 0.5) is 4.39 Å². The minimum Gasteiger partial charge on any atom is -0.207 e. The van der Waals surface area contributed by atoms with E-state index in [4.69, 9.17) is 0 Å². The predicted molar refractivity (Wildman–Crippen MR) is 73.0 cm³/mol. The van der Waals surface area contributed by atoms with Gasteiger partial charge in [0.25, 0.3) is 0 Å². The van der Waals surface area contributed by atoms with Crippen molar-refractivity contribution < 1.29 is 12.8 Å². The fourth-order valence-corrected chi connectivity index (χ4v) is 5.19. The Bertz CT molecular complexity index is 574. The van der Waals surface area contributed by atoms with Crippen LogP contribution in [0.25, 0.3) is 0 Å². The molecule has 0 aromatic heterocycles. The van der Waals surface area contributed by atoms with Crippen LogP contribution in [0.15, 0.2) is 17.0 Å². The van der Waals surface area contributed by atoms with Gasteiger partial charge in [-0.2, -0.15) is 4.31 Å². The molecule has 0 aliphatic carbocycles. The average molecular weight is 285 g/mol. The van der Waals surface area contributed by atoms with Crippen LogP contribution >= 0.6 is 0 Å². The minimum atomic E-state index is -3.53. The molecule has 1 aromatic carbocycles. The number of nitrogens with zero attached hydrogens (tertiary/aromatic N) is 1. The summed E-state index contributed by atoms with van der Waals surface area (Å²) in [6.07, 6.45) is 0.874. The fraction of sp³-hybridized carbons (Fsp3) is 0.571. The van der Waals surface area contributed by atoms with E-state index in [-0.39, 0.29) is 10.9 Å². The molecule has 1 fully saturated rings. The molecular formula is C14H20FNO2S. The van der Waals surface area contributed by atoms with Gasteiger partial charge < -0.3 is 0 Å². The van der Waals surface area contributed by atoms with Gasteiger partial charge >= 0.3 is 0 Å². The summed E-state index contributed by atoms with van der Waals surface area (Å²) in [5.41, 5.74) is 0.952. The lowest BCUT2D eigenvalue weighted by Gasteiger charge is -2.23. The summed E-state index contributed by atoms with van der Waals surface area (Å²) in [6, 6.07) is 2.57. The van der Waals surface area contributed by atoms with Crippen molar-refractivity contribution in [3.05, 3.63) is 29.1 Å². The number of rotatable bonds is 2. The van der Waals surface area contributed by atoms with E-state index in [0.29, 0.717) is 23.6 Å². The summed E-state index contributed by atoms with van der Waals surface area (Å²) in [5.74, 6) is -0.0253. The Morgan fingerprint density at radius 3 is 2.16 bits per heavy atom. The SMILES string of the molecule is Cc1cc(F)cc(C)c1S(=O)(=O)N1CC(C)CC1C. The van der Waals surface area contributed by atoms with E-state index in [1.165, 1.54) is 12.1 Å². The van der Waals surface area contributed by atoms with Gasteiger partial charge in [0.05, 0.1) is 4.90 Å². The number of hydrogen-bond donors (Lipinski definition) is 0. The van der Waals surface area contributed by atoms with Crippen LogP contribution in [-0.2, 0) is 10.0 Å². The summed E-state index contributed by atoms with van der Waals surface area (Å²) >= 11 is 0. The van der Waals surface area contributed by atoms with Crippen LogP contribution in [0.2, 0.25) is 0 Å². The lowest BCUT2D eigenvalue weighted by molar-refractivity contribution is 0.405. The van der Waals surface area contributed by atoms with E-state index >= 15 is 0 Å². The molecule has 0 radical (unpaired) electrons. The molecule has 0 amide bonds. The van der Waals surface area contributed by atoms with E-state index < -0.39 is 15.8 Å². The highest BCUT2D eigenvalue weighted by Gasteiger charge is 2.37. The largest absolute Gasteiger partial charge is 0.243 e. The normalized spacial score (nSPS) is 24.9. The molecule has 0 bridgehead atoms. The number of hydrogen-bond acceptors (Lipinski definition) is 2. The summed E-state index contributed by atoms with van der Waals surface area (Å²) in [6.45, 7) is 7.81. The maximum atomic E-state index is 13.3. The summed E-state index contributed by atoms with van der Waals surface area (Å²) in [4.78, 5) is 0.259. The Labute approximate surface area is 114 Å². The molecular weight excluding hydrogens is 265 g/mol. The van der Waals surface area contributed by atoms with Gasteiger partial charge in [-0.3, -0.25) is 0 Å². The number of halogens is 1. The average Bonchev–Trinajstić information content (AvgIpc) is 2.56. The third-order valence-electron chi connectivity index (χ3n) is 3.72. The molecule has 2 rings (SSSR count). The van der Waals surface area contributed by atoms with Gasteiger partial charge in [-0.25, -0.2) is 12.8 Å². The zero-order valence-electron chi connectivity index (χ0n) is 11.8. The van der Waals surface area contributed by atoms with Crippen LogP contribution < -0.4 is 0 Å². The number of benzene rings is 1. The highest BCUT2D eigenvalue weighted by atomic mass is 32.2. The second-order valence-electron chi connectivity index (χ2n) is 5.63. The van der Waals surface area contributed by atoms with Gasteiger partial charge in [0, 0.05) is 12.6 Å². The first-order chi connectivity index (χ1) is 8.73. The third kappa shape index (κ3) is 2.54. The van der Waals surface area contributed by atoms with Gasteiger partial charge in [-0.1, -0.05) is 6.92 Å². The maximum Gasteiger partial charge on any atom is 0.243 e. The lowest BCUT2D eigenvalue weighted by atomic mass is 10.1. The topological polar surface area (TPSA) is 37.4 Å². The molecule has 1 aromatic rings. The third-order valence-corrected chi connectivity index (χ3v) is 6.00. The molecule has 1 aliphatic rings. The summed E-state index contributed by atoms with van der Waals surface area (Å²) in [7, 11) is -3.53. The van der Waals surface area contributed by atoms with Crippen molar-refractivity contribution in [2.24, 2.45) is 5.92 Å². The molecule has 2 unspecified atom stereocenters. The zero-order valence-corrected chi connectivity index (χ0v) is 12.6. The van der Waals surface area contributed by atoms with Crippen LogP contribution in [0.1, 0.15) is 31.4 Å². The van der Waals surface area contributed by atoms with Crippen molar-refractivity contribution in [1.29, 1.82) is 0 Å². The van der Waals surface area contributed by atoms with Crippen molar-refractivity contribution in [1.82, 2.24) is 4.31 Å². The summed E-state index contributed by atoms with van der Waals surface area (Å²) < 4.78 is 40.3. The molecule has 5 heteroatoms. The van der Waals surface area contributed by atoms with Crippen LogP contribution in [0.3, 0.4) is 0 Å². The van der Waals surface area contributed by atoms with Crippen LogP contribution in [0, 0.1) is 25.6 Å². The Morgan fingerprint density at radius 1 is 1.21 bits per heavy atom. The second kappa shape index (κ2) is 4.87. The Morgan fingerprint density at radius 2 is 1.74 bits per heavy atom. The number of sulfonamides is 1. The molecule has 2 atom stereocenters. The monoisotopic (exact) mass is 285 g/mol. The maximum absolute atomic E-state index is 13.3. The quantitative estimate of drug-likeness (QED) is 0.838. The Hall–Kier alpha value is -0.940. The highest BCUT2D eigenvalue weighted by molar-refractivity contribution is 7.89. The van der Waals surface area contributed by atoms with Crippen LogP contribution in [-0.4, -0.2) is 25.3 Å². The van der Waals surface area contributed by atoms with Crippen LogP contribution in [0.5, 0.6) is 0 Å². The first-order valence-electron chi connectivity index (χ1n) is 6.52. The van der Waals surface area contributed by atoms with Gasteiger partial charge in [0.2, 0.25) is 10.0 Å². The molecule has 1 aliphatic heterocycles. The van der Waals surface area contributed by atoms with Crippen molar-refractivity contribution in [3.63, 3.8) is 0 Å². The first kappa shape index (κ1) is 14.5. The lowest BCUT2D eigenvalue weighted by Crippen LogP contribution is -2.34. The molecule has 0 saturated carbocycles. The standard InChI is InChI=1S/C14H20FNO2S/c1-9-5-12(4)16(8-9)19(17,18)14-10(2)6-13(15)7-11(14)3/h6-7,9,12H,5,8H2,1-4H3. The van der Waals surface area contributed by atoms with E-state index in [0.717, 1.165) is 6.42 Å². The first-order valence-corrected chi connectivity index (χ1v) is 7.96. The van der Waals surface area contributed by atoms with Gasteiger partial charge in [-0.15, -0.1) is 0 Å². The van der Waals surface area contributed by atoms with E-state index in [2.05, 4.69) is 6.92 Å². The van der Waals surface area contributed by atoms with Gasteiger partial charge in [0.1, 0.15) is 5.82 Å². The Kier molecular flexibility index (Phi) is 3.71. The molecule has 19 heavy (non-hydrogen) atoms. The van der Waals surface area contributed by atoms with Gasteiger partial charge in [0.15, 0.2) is 0 Å². The van der Waals surface area contributed by atoms with E-state index in [1.807, 2.05) is 6.92 Å². The van der Waals surface area contributed by atoms with Crippen molar-refractivity contribution >= 4 is 10.0 Å². The molecule has 3 nitrogen and oxygen atoms in total. The fourth-order valence-electron chi connectivity index (χ4n) is 3.02. The molecule has 1 heterocycles. The van der Waals surface area contributed by atoms with E-state index in [9.17, 15) is 12.8 Å². The van der Waals surface area contributed by atoms with Crippen molar-refractivity contribution in [2.45, 2.75) is 45.1 Å². The predicted octanol–water partition coefficient (Wildman–Crippen LogP) is 2.86. The van der Waals surface area contributed by atoms with Gasteiger partial charge in [-0.05, 0) is 56.4 Å². The van der Waals surface area contributed by atoms with Crippen molar-refractivity contribution in [3.8, 4) is 0 Å². The minimum absolute atomic E-state index is 0.00357.